The van der Waals surface area contributed by atoms with Crippen molar-refractivity contribution in [3.8, 4) is 0 Å². The molecule has 3 rings (SSSR count). The van der Waals surface area contributed by atoms with Crippen LogP contribution in [0.4, 0.5) is 0 Å². The first kappa shape index (κ1) is 21.2. The molecule has 27 heavy (non-hydrogen) atoms. The number of hydrogen-bond donors (Lipinski definition) is 0. The van der Waals surface area contributed by atoms with Crippen molar-refractivity contribution in [1.29, 1.82) is 0 Å². The van der Waals surface area contributed by atoms with E-state index in [1.165, 1.54) is 33.4 Å². The zero-order valence-corrected chi connectivity index (χ0v) is 18.3. The van der Waals surface area contributed by atoms with Gasteiger partial charge in [-0.15, -0.1) is 0 Å². The van der Waals surface area contributed by atoms with Gasteiger partial charge in [-0.3, -0.25) is 4.98 Å². The minimum Gasteiger partial charge on any atom is -0.258 e. The molecule has 0 amide bonds. The summed E-state index contributed by atoms with van der Waals surface area (Å²) in [7, 11) is 0. The molecule has 0 N–H and O–H groups in total. The van der Waals surface area contributed by atoms with Crippen LogP contribution in [0.2, 0.25) is 5.02 Å². The van der Waals surface area contributed by atoms with E-state index in [2.05, 4.69) is 76.0 Å². The molecule has 1 aromatic carbocycles. The Morgan fingerprint density at radius 2 is 1.48 bits per heavy atom. The molecule has 1 aromatic heterocycles. The Kier molecular flexibility index (Phi) is 7.21. The molecule has 1 aliphatic carbocycles. The Morgan fingerprint density at radius 1 is 0.852 bits per heavy atom. The van der Waals surface area contributed by atoms with Crippen LogP contribution in [-0.4, -0.2) is 4.98 Å². The zero-order valence-electron chi connectivity index (χ0n) is 17.6. The van der Waals surface area contributed by atoms with Gasteiger partial charge in [-0.05, 0) is 88.8 Å². The van der Waals surface area contributed by atoms with Gasteiger partial charge in [0.25, 0.3) is 0 Å². The lowest BCUT2D eigenvalue weighted by Crippen LogP contribution is -1.97. The SMILES string of the molecule is CC1=C(c2c(Cl)cc(C)nc2C)CC=CC=C1.Cc1cc(C)c(C)c(C)c1. The number of aromatic nitrogens is 1. The van der Waals surface area contributed by atoms with Gasteiger partial charge >= 0.3 is 0 Å². The lowest BCUT2D eigenvalue weighted by Gasteiger charge is -2.13. The molecule has 2 aromatic rings. The van der Waals surface area contributed by atoms with Gasteiger partial charge in [0.1, 0.15) is 0 Å². The minimum absolute atomic E-state index is 0.799. The van der Waals surface area contributed by atoms with Crippen LogP contribution in [0.1, 0.15) is 52.5 Å². The third kappa shape index (κ3) is 5.43. The summed E-state index contributed by atoms with van der Waals surface area (Å²) >= 11 is 6.36. The van der Waals surface area contributed by atoms with Crippen molar-refractivity contribution in [1.82, 2.24) is 4.98 Å². The number of pyridine rings is 1. The predicted molar refractivity (Wildman–Crippen MR) is 120 cm³/mol. The van der Waals surface area contributed by atoms with E-state index in [0.29, 0.717) is 0 Å². The average molecular weight is 380 g/mol. The molecule has 0 atom stereocenters. The number of nitrogens with zero attached hydrogens (tertiary/aromatic N) is 1. The molecule has 0 saturated heterocycles. The van der Waals surface area contributed by atoms with E-state index >= 15 is 0 Å². The standard InChI is InChI=1S/C15H16ClN.C10H14/c1-10-7-5-4-6-8-13(10)15-12(3)17-11(2)9-14(15)16;1-7-5-8(2)10(4)9(3)6-7/h4-7,9H,8H2,1-3H3;5-6H,1-4H3. The highest BCUT2D eigenvalue weighted by Crippen LogP contribution is 2.33. The molecule has 1 aliphatic rings. The van der Waals surface area contributed by atoms with Crippen LogP contribution in [0.3, 0.4) is 0 Å². The molecule has 142 valence electrons. The van der Waals surface area contributed by atoms with E-state index < -0.39 is 0 Å². The summed E-state index contributed by atoms with van der Waals surface area (Å²) in [5.74, 6) is 0. The molecule has 2 heteroatoms. The number of benzene rings is 1. The molecule has 0 spiro atoms. The van der Waals surface area contributed by atoms with Gasteiger partial charge in [0, 0.05) is 17.0 Å². The minimum atomic E-state index is 0.799. The highest BCUT2D eigenvalue weighted by Gasteiger charge is 2.13. The van der Waals surface area contributed by atoms with E-state index in [-0.39, 0.29) is 0 Å². The van der Waals surface area contributed by atoms with E-state index in [9.17, 15) is 0 Å². The summed E-state index contributed by atoms with van der Waals surface area (Å²) in [6.07, 6.45) is 9.31. The third-order valence-corrected chi connectivity index (χ3v) is 5.34. The number of halogens is 1. The highest BCUT2D eigenvalue weighted by molar-refractivity contribution is 6.32. The molecule has 1 heterocycles. The van der Waals surface area contributed by atoms with Crippen molar-refractivity contribution >= 4 is 17.2 Å². The van der Waals surface area contributed by atoms with Crippen molar-refractivity contribution in [3.05, 3.63) is 92.3 Å². The molecule has 0 fully saturated rings. The first-order valence-corrected chi connectivity index (χ1v) is 9.80. The second kappa shape index (κ2) is 9.19. The second-order valence-electron chi connectivity index (χ2n) is 7.38. The van der Waals surface area contributed by atoms with Crippen molar-refractivity contribution in [2.75, 3.05) is 0 Å². The average Bonchev–Trinajstić information content (AvgIpc) is 2.77. The van der Waals surface area contributed by atoms with Crippen LogP contribution in [0, 0.1) is 41.5 Å². The lowest BCUT2D eigenvalue weighted by atomic mass is 9.96. The Bertz CT molecular complexity index is 883. The van der Waals surface area contributed by atoms with Gasteiger partial charge in [0.2, 0.25) is 0 Å². The fourth-order valence-corrected chi connectivity index (χ4v) is 3.83. The molecule has 0 bridgehead atoms. The molecular formula is C25H30ClN. The monoisotopic (exact) mass is 379 g/mol. The Labute approximate surface area is 169 Å². The van der Waals surface area contributed by atoms with Crippen LogP contribution in [0.25, 0.3) is 5.57 Å². The van der Waals surface area contributed by atoms with Crippen LogP contribution >= 0.6 is 11.6 Å². The number of hydrogen-bond acceptors (Lipinski definition) is 1. The van der Waals surface area contributed by atoms with Crippen molar-refractivity contribution in [2.24, 2.45) is 0 Å². The first-order chi connectivity index (χ1) is 12.7. The fraction of sp³-hybridized carbons (Fsp3) is 0.320. The van der Waals surface area contributed by atoms with Crippen LogP contribution in [0.5, 0.6) is 0 Å². The van der Waals surface area contributed by atoms with Crippen molar-refractivity contribution < 1.29 is 0 Å². The maximum atomic E-state index is 6.36. The van der Waals surface area contributed by atoms with Crippen LogP contribution in [0.15, 0.2) is 48.1 Å². The van der Waals surface area contributed by atoms with Crippen molar-refractivity contribution in [3.63, 3.8) is 0 Å². The van der Waals surface area contributed by atoms with Crippen LogP contribution < -0.4 is 0 Å². The van der Waals surface area contributed by atoms with Gasteiger partial charge in [-0.1, -0.05) is 53.6 Å². The molecule has 0 saturated carbocycles. The lowest BCUT2D eigenvalue weighted by molar-refractivity contribution is 1.10. The largest absolute Gasteiger partial charge is 0.258 e. The van der Waals surface area contributed by atoms with Crippen LogP contribution in [-0.2, 0) is 0 Å². The van der Waals surface area contributed by atoms with Gasteiger partial charge < -0.3 is 0 Å². The predicted octanol–water partition coefficient (Wildman–Crippen LogP) is 7.56. The highest BCUT2D eigenvalue weighted by atomic mass is 35.5. The summed E-state index contributed by atoms with van der Waals surface area (Å²) in [4.78, 5) is 4.51. The van der Waals surface area contributed by atoms with Gasteiger partial charge in [0.15, 0.2) is 0 Å². The van der Waals surface area contributed by atoms with E-state index in [1.54, 1.807) is 0 Å². The number of aryl methyl sites for hydroxylation is 5. The summed E-state index contributed by atoms with van der Waals surface area (Å²) in [5.41, 5.74) is 11.2. The normalized spacial score (nSPS) is 13.3. The maximum Gasteiger partial charge on any atom is 0.0517 e. The molecular weight excluding hydrogens is 350 g/mol. The molecule has 0 unspecified atom stereocenters. The molecule has 1 nitrogen and oxygen atoms in total. The summed E-state index contributed by atoms with van der Waals surface area (Å²) < 4.78 is 0. The summed E-state index contributed by atoms with van der Waals surface area (Å²) in [6.45, 7) is 14.7. The summed E-state index contributed by atoms with van der Waals surface area (Å²) in [6, 6.07) is 6.38. The summed E-state index contributed by atoms with van der Waals surface area (Å²) in [5, 5.41) is 0.799. The third-order valence-electron chi connectivity index (χ3n) is 5.04. The zero-order chi connectivity index (χ0) is 20.1. The quantitative estimate of drug-likeness (QED) is 0.498. The van der Waals surface area contributed by atoms with E-state index in [4.69, 9.17) is 11.6 Å². The molecule has 0 aliphatic heterocycles. The smallest absolute Gasteiger partial charge is 0.0517 e. The number of rotatable bonds is 1. The topological polar surface area (TPSA) is 12.9 Å². The Morgan fingerprint density at radius 3 is 2.07 bits per heavy atom. The first-order valence-electron chi connectivity index (χ1n) is 9.42. The fourth-order valence-electron chi connectivity index (χ4n) is 3.42. The molecule has 0 radical (unpaired) electrons. The number of allylic oxidation sites excluding steroid dienone is 6. The Hall–Kier alpha value is -2.12. The van der Waals surface area contributed by atoms with Gasteiger partial charge in [-0.2, -0.15) is 0 Å². The maximum absolute atomic E-state index is 6.36. The van der Waals surface area contributed by atoms with Gasteiger partial charge in [0.05, 0.1) is 5.02 Å². The Balaban J connectivity index is 0.000000223. The van der Waals surface area contributed by atoms with Gasteiger partial charge in [-0.25, -0.2) is 0 Å². The van der Waals surface area contributed by atoms with E-state index in [1.807, 2.05) is 19.9 Å². The van der Waals surface area contributed by atoms with E-state index in [0.717, 1.165) is 28.4 Å². The van der Waals surface area contributed by atoms with Crippen molar-refractivity contribution in [2.45, 2.75) is 54.9 Å². The second-order valence-corrected chi connectivity index (χ2v) is 7.79.